The zero-order valence-electron chi connectivity index (χ0n) is 15.8. The Morgan fingerprint density at radius 3 is 2.58 bits per heavy atom. The van der Waals surface area contributed by atoms with Crippen LogP contribution in [0.3, 0.4) is 0 Å². The van der Waals surface area contributed by atoms with Crippen LogP contribution >= 0.6 is 0 Å². The summed E-state index contributed by atoms with van der Waals surface area (Å²) in [5.74, 6) is 0.145. The van der Waals surface area contributed by atoms with Gasteiger partial charge in [0.25, 0.3) is 0 Å². The van der Waals surface area contributed by atoms with E-state index in [9.17, 15) is 14.7 Å². The van der Waals surface area contributed by atoms with Gasteiger partial charge in [-0.05, 0) is 24.5 Å². The highest BCUT2D eigenvalue weighted by atomic mass is 16.3. The molecule has 0 radical (unpaired) electrons. The second kappa shape index (κ2) is 9.54. The average Bonchev–Trinajstić information content (AvgIpc) is 3.02. The topological polar surface area (TPSA) is 84.9 Å². The number of likely N-dealkylation sites (N-methyl/N-ethyl adjacent to an activating group) is 1. The number of para-hydroxylation sites is 1. The van der Waals surface area contributed by atoms with Crippen LogP contribution in [0.1, 0.15) is 20.3 Å². The van der Waals surface area contributed by atoms with Gasteiger partial charge in [-0.25, -0.2) is 4.79 Å². The molecule has 1 aromatic rings. The Morgan fingerprint density at radius 2 is 2.00 bits per heavy atom. The van der Waals surface area contributed by atoms with Crippen molar-refractivity contribution < 1.29 is 14.7 Å². The lowest BCUT2D eigenvalue weighted by atomic mass is 10.0. The lowest BCUT2D eigenvalue weighted by molar-refractivity contribution is -0.132. The number of amides is 3. The van der Waals surface area contributed by atoms with Crippen molar-refractivity contribution in [2.75, 3.05) is 38.5 Å². The number of carbonyl (C=O) groups is 2. The minimum Gasteiger partial charge on any atom is -0.392 e. The number of β-amino-alcohol motifs (C(OH)–C–C–N with tert-alkyl or cyclic N) is 1. The summed E-state index contributed by atoms with van der Waals surface area (Å²) in [6.07, 6.45) is 0.510. The van der Waals surface area contributed by atoms with E-state index in [0.29, 0.717) is 12.2 Å². The fourth-order valence-electron chi connectivity index (χ4n) is 3.19. The average molecular weight is 362 g/mol. The van der Waals surface area contributed by atoms with Gasteiger partial charge < -0.3 is 20.6 Å². The maximum atomic E-state index is 12.5. The molecule has 0 spiro atoms. The molecular weight excluding hydrogens is 332 g/mol. The van der Waals surface area contributed by atoms with Crippen molar-refractivity contribution in [1.29, 1.82) is 0 Å². The molecule has 0 aromatic heterocycles. The first kappa shape index (κ1) is 20.2. The monoisotopic (exact) mass is 362 g/mol. The molecule has 0 aliphatic carbocycles. The smallest absolute Gasteiger partial charge is 0.319 e. The molecule has 144 valence electrons. The van der Waals surface area contributed by atoms with E-state index in [1.807, 2.05) is 18.2 Å². The van der Waals surface area contributed by atoms with Crippen LogP contribution < -0.4 is 10.6 Å². The molecule has 1 aliphatic heterocycles. The van der Waals surface area contributed by atoms with Crippen LogP contribution in [0, 0.1) is 5.92 Å². The van der Waals surface area contributed by atoms with Crippen molar-refractivity contribution >= 4 is 17.6 Å². The number of rotatable bonds is 7. The summed E-state index contributed by atoms with van der Waals surface area (Å²) < 4.78 is 0. The van der Waals surface area contributed by atoms with Crippen LogP contribution in [0.2, 0.25) is 0 Å². The molecule has 7 nitrogen and oxygen atoms in total. The number of hydrogen-bond donors (Lipinski definition) is 3. The molecule has 2 atom stereocenters. The molecule has 1 fully saturated rings. The highest BCUT2D eigenvalue weighted by Gasteiger charge is 2.28. The largest absolute Gasteiger partial charge is 0.392 e. The third kappa shape index (κ3) is 6.00. The van der Waals surface area contributed by atoms with Gasteiger partial charge >= 0.3 is 6.03 Å². The fraction of sp³-hybridized carbons (Fsp3) is 0.579. The minimum absolute atomic E-state index is 0.0341. The zero-order chi connectivity index (χ0) is 19.1. The van der Waals surface area contributed by atoms with Crippen LogP contribution in [0.15, 0.2) is 30.3 Å². The predicted molar refractivity (Wildman–Crippen MR) is 102 cm³/mol. The summed E-state index contributed by atoms with van der Waals surface area (Å²) in [7, 11) is 1.77. The molecule has 26 heavy (non-hydrogen) atoms. The van der Waals surface area contributed by atoms with E-state index in [1.54, 1.807) is 24.1 Å². The predicted octanol–water partition coefficient (Wildman–Crippen LogP) is 1.36. The van der Waals surface area contributed by atoms with Crippen LogP contribution in [-0.2, 0) is 4.79 Å². The van der Waals surface area contributed by atoms with Crippen molar-refractivity contribution in [2.24, 2.45) is 5.92 Å². The summed E-state index contributed by atoms with van der Waals surface area (Å²) in [6.45, 7) is 6.34. The first-order valence-electron chi connectivity index (χ1n) is 9.12. The number of benzene rings is 1. The van der Waals surface area contributed by atoms with Gasteiger partial charge in [0.15, 0.2) is 0 Å². The van der Waals surface area contributed by atoms with Crippen LogP contribution in [-0.4, -0.2) is 72.2 Å². The fourth-order valence-corrected chi connectivity index (χ4v) is 3.19. The second-order valence-electron chi connectivity index (χ2n) is 7.19. The minimum atomic E-state index is -0.401. The third-order valence-corrected chi connectivity index (χ3v) is 4.78. The SMILES string of the molecule is CC(C)[C@@H](CN1CC[C@H](O)C1)N(C)C(=O)CNC(=O)Nc1ccccc1. The number of urea groups is 1. The lowest BCUT2D eigenvalue weighted by Crippen LogP contribution is -2.50. The highest BCUT2D eigenvalue weighted by Crippen LogP contribution is 2.16. The van der Waals surface area contributed by atoms with E-state index in [-0.39, 0.29) is 30.5 Å². The molecule has 2 rings (SSSR count). The Kier molecular flexibility index (Phi) is 7.41. The van der Waals surface area contributed by atoms with Gasteiger partial charge in [0, 0.05) is 38.4 Å². The molecule has 3 amide bonds. The van der Waals surface area contributed by atoms with Crippen molar-refractivity contribution in [3.8, 4) is 0 Å². The number of aliphatic hydroxyl groups excluding tert-OH is 1. The van der Waals surface area contributed by atoms with E-state index in [0.717, 1.165) is 19.5 Å². The van der Waals surface area contributed by atoms with Gasteiger partial charge in [-0.3, -0.25) is 9.69 Å². The van der Waals surface area contributed by atoms with Gasteiger partial charge in [-0.15, -0.1) is 0 Å². The van der Waals surface area contributed by atoms with E-state index < -0.39 is 6.03 Å². The number of nitrogens with one attached hydrogen (secondary N) is 2. The van der Waals surface area contributed by atoms with Crippen LogP contribution in [0.25, 0.3) is 0 Å². The number of aliphatic hydroxyl groups is 1. The number of carbonyl (C=O) groups excluding carboxylic acids is 2. The first-order valence-corrected chi connectivity index (χ1v) is 9.12. The van der Waals surface area contributed by atoms with Gasteiger partial charge in [0.1, 0.15) is 0 Å². The molecule has 7 heteroatoms. The van der Waals surface area contributed by atoms with Crippen molar-refractivity contribution in [1.82, 2.24) is 15.1 Å². The molecule has 0 saturated carbocycles. The number of hydrogen-bond acceptors (Lipinski definition) is 4. The molecule has 1 aliphatic rings. The maximum Gasteiger partial charge on any atom is 0.319 e. The first-order chi connectivity index (χ1) is 12.4. The highest BCUT2D eigenvalue weighted by molar-refractivity contribution is 5.92. The Bertz CT molecular complexity index is 594. The van der Waals surface area contributed by atoms with Crippen LogP contribution in [0.5, 0.6) is 0 Å². The zero-order valence-corrected chi connectivity index (χ0v) is 15.8. The Labute approximate surface area is 155 Å². The molecule has 0 unspecified atom stereocenters. The molecular formula is C19H30N4O3. The van der Waals surface area contributed by atoms with Gasteiger partial charge in [-0.2, -0.15) is 0 Å². The molecule has 1 heterocycles. The van der Waals surface area contributed by atoms with E-state index >= 15 is 0 Å². The quantitative estimate of drug-likeness (QED) is 0.684. The van der Waals surface area contributed by atoms with Crippen molar-refractivity contribution in [3.05, 3.63) is 30.3 Å². The summed E-state index contributed by atoms with van der Waals surface area (Å²) >= 11 is 0. The normalized spacial score (nSPS) is 18.6. The summed E-state index contributed by atoms with van der Waals surface area (Å²) in [5.41, 5.74) is 0.679. The molecule has 3 N–H and O–H groups in total. The Hall–Kier alpha value is -2.12. The Morgan fingerprint density at radius 1 is 1.31 bits per heavy atom. The number of nitrogens with zero attached hydrogens (tertiary/aromatic N) is 2. The van der Waals surface area contributed by atoms with Crippen molar-refractivity contribution in [3.63, 3.8) is 0 Å². The standard InChI is InChI=1S/C19H30N4O3/c1-14(2)17(13-23-10-9-16(24)12-23)22(3)18(25)11-20-19(26)21-15-7-5-4-6-8-15/h4-8,14,16-17,24H,9-13H2,1-3H3,(H2,20,21,26)/t16-,17+/m0/s1. The van der Waals surface area contributed by atoms with Gasteiger partial charge in [-0.1, -0.05) is 32.0 Å². The van der Waals surface area contributed by atoms with E-state index in [1.165, 1.54) is 0 Å². The molecule has 1 saturated heterocycles. The maximum absolute atomic E-state index is 12.5. The van der Waals surface area contributed by atoms with E-state index in [4.69, 9.17) is 0 Å². The second-order valence-corrected chi connectivity index (χ2v) is 7.19. The molecule has 0 bridgehead atoms. The summed E-state index contributed by atoms with van der Waals surface area (Å²) in [6, 6.07) is 8.73. The summed E-state index contributed by atoms with van der Waals surface area (Å²) in [5, 5.41) is 15.0. The van der Waals surface area contributed by atoms with Gasteiger partial charge in [0.2, 0.25) is 5.91 Å². The number of anilines is 1. The Balaban J connectivity index is 1.82. The molecule has 1 aromatic carbocycles. The lowest BCUT2D eigenvalue weighted by Gasteiger charge is -2.34. The van der Waals surface area contributed by atoms with Crippen molar-refractivity contribution in [2.45, 2.75) is 32.4 Å². The van der Waals surface area contributed by atoms with Gasteiger partial charge in [0.05, 0.1) is 12.6 Å². The third-order valence-electron chi connectivity index (χ3n) is 4.78. The van der Waals surface area contributed by atoms with E-state index in [2.05, 4.69) is 29.4 Å². The van der Waals surface area contributed by atoms with Crippen LogP contribution in [0.4, 0.5) is 10.5 Å². The summed E-state index contributed by atoms with van der Waals surface area (Å²) in [4.78, 5) is 28.3. The number of likely N-dealkylation sites (tertiary alicyclic amines) is 1.